The molecule has 5 nitrogen and oxygen atoms in total. The minimum atomic E-state index is 0. The van der Waals surface area contributed by atoms with Gasteiger partial charge in [0.25, 0.3) is 0 Å². The van der Waals surface area contributed by atoms with Gasteiger partial charge in [0.1, 0.15) is 0 Å². The Morgan fingerprint density at radius 2 is 1.81 bits per heavy atom. The van der Waals surface area contributed by atoms with Crippen molar-refractivity contribution in [1.82, 2.24) is 4.90 Å². The number of aliphatic imine (C=N–C) groups is 1. The molecule has 1 aromatic rings. The highest BCUT2D eigenvalue weighted by Crippen LogP contribution is 2.34. The molecule has 0 aliphatic carbocycles. The van der Waals surface area contributed by atoms with Crippen molar-refractivity contribution in [2.45, 2.75) is 17.6 Å². The summed E-state index contributed by atoms with van der Waals surface area (Å²) in [6, 6.07) is 8.02. The van der Waals surface area contributed by atoms with Crippen LogP contribution in [-0.4, -0.2) is 67.8 Å². The smallest absolute Gasteiger partial charge is 0.191 e. The largest absolute Gasteiger partial charge is 0.381 e. The lowest BCUT2D eigenvalue weighted by molar-refractivity contribution is 0.0793. The van der Waals surface area contributed by atoms with Crippen LogP contribution in [0.4, 0.5) is 5.69 Å². The molecule has 2 aliphatic heterocycles. The fraction of sp³-hybridized carbons (Fsp3) is 0.611. The van der Waals surface area contributed by atoms with Crippen LogP contribution in [-0.2, 0) is 4.74 Å². The predicted molar refractivity (Wildman–Crippen MR) is 123 cm³/mol. The Morgan fingerprint density at radius 3 is 2.38 bits per heavy atom. The molecule has 2 heterocycles. The molecule has 146 valence electrons. The monoisotopic (exact) mass is 510 g/mol. The van der Waals surface area contributed by atoms with Crippen molar-refractivity contribution in [3.05, 3.63) is 29.3 Å². The maximum atomic E-state index is 6.28. The number of halogens is 2. The molecular formula is C18H28ClIN4OS. The first-order valence-corrected chi connectivity index (χ1v) is 10.4. The van der Waals surface area contributed by atoms with Crippen LogP contribution >= 0.6 is 47.3 Å². The Bertz CT molecular complexity index is 587. The molecule has 0 radical (unpaired) electrons. The van der Waals surface area contributed by atoms with Crippen molar-refractivity contribution in [3.63, 3.8) is 0 Å². The molecule has 2 aliphatic rings. The highest BCUT2D eigenvalue weighted by atomic mass is 127. The van der Waals surface area contributed by atoms with E-state index in [0.29, 0.717) is 5.96 Å². The van der Waals surface area contributed by atoms with Crippen molar-refractivity contribution in [2.75, 3.05) is 57.1 Å². The Morgan fingerprint density at radius 1 is 1.19 bits per heavy atom. The minimum absolute atomic E-state index is 0. The van der Waals surface area contributed by atoms with Crippen LogP contribution in [0.25, 0.3) is 0 Å². The van der Waals surface area contributed by atoms with E-state index in [-0.39, 0.29) is 28.7 Å². The molecule has 2 N–H and O–H groups in total. The van der Waals surface area contributed by atoms with Crippen molar-refractivity contribution >= 4 is 59.0 Å². The third-order valence-electron chi connectivity index (χ3n) is 5.16. The molecule has 0 amide bonds. The van der Waals surface area contributed by atoms with Gasteiger partial charge in [0, 0.05) is 54.8 Å². The number of thioether (sulfide) groups is 1. The lowest BCUT2D eigenvalue weighted by atomic mass is 9.99. The Hall–Kier alpha value is -0.380. The van der Waals surface area contributed by atoms with Gasteiger partial charge in [0.05, 0.1) is 6.54 Å². The van der Waals surface area contributed by atoms with E-state index in [1.807, 2.05) is 23.9 Å². The second kappa shape index (κ2) is 10.2. The molecule has 0 saturated carbocycles. The van der Waals surface area contributed by atoms with Gasteiger partial charge in [-0.25, -0.2) is 0 Å². The van der Waals surface area contributed by atoms with Gasteiger partial charge in [-0.2, -0.15) is 11.8 Å². The van der Waals surface area contributed by atoms with Crippen LogP contribution in [0.1, 0.15) is 12.8 Å². The van der Waals surface area contributed by atoms with Crippen LogP contribution < -0.4 is 10.6 Å². The summed E-state index contributed by atoms with van der Waals surface area (Å²) in [5.74, 6) is 0.677. The minimum Gasteiger partial charge on any atom is -0.381 e. The SMILES string of the molecule is CSC1(CN=C(N)N2CCN(c3ccc(Cl)cc3)CC2)CCOCC1.I. The highest BCUT2D eigenvalue weighted by molar-refractivity contribution is 14.0. The van der Waals surface area contributed by atoms with Crippen LogP contribution in [0.3, 0.4) is 0 Å². The zero-order chi connectivity index (χ0) is 17.7. The van der Waals surface area contributed by atoms with Gasteiger partial charge in [-0.1, -0.05) is 11.6 Å². The molecule has 0 bridgehead atoms. The van der Waals surface area contributed by atoms with Gasteiger partial charge < -0.3 is 20.3 Å². The molecule has 1 aromatic carbocycles. The second-order valence-corrected chi connectivity index (χ2v) is 8.34. The third kappa shape index (κ3) is 5.56. The van der Waals surface area contributed by atoms with Gasteiger partial charge in [0.15, 0.2) is 5.96 Å². The number of rotatable bonds is 4. The normalized spacial score (nSPS) is 20.6. The van der Waals surface area contributed by atoms with E-state index in [9.17, 15) is 0 Å². The van der Waals surface area contributed by atoms with E-state index in [2.05, 4.69) is 28.2 Å². The molecule has 0 unspecified atom stereocenters. The Labute approximate surface area is 182 Å². The molecule has 2 fully saturated rings. The van der Waals surface area contributed by atoms with Crippen molar-refractivity contribution in [1.29, 1.82) is 0 Å². The summed E-state index contributed by atoms with van der Waals surface area (Å²) in [6.45, 7) is 6.12. The predicted octanol–water partition coefficient (Wildman–Crippen LogP) is 3.31. The highest BCUT2D eigenvalue weighted by Gasteiger charge is 2.32. The van der Waals surface area contributed by atoms with Crippen molar-refractivity contribution in [3.8, 4) is 0 Å². The second-order valence-electron chi connectivity index (χ2n) is 6.62. The third-order valence-corrected chi connectivity index (χ3v) is 6.82. The van der Waals surface area contributed by atoms with Gasteiger partial charge >= 0.3 is 0 Å². The maximum absolute atomic E-state index is 6.28. The average Bonchev–Trinajstić information content (AvgIpc) is 2.67. The van der Waals surface area contributed by atoms with Crippen LogP contribution in [0.15, 0.2) is 29.3 Å². The summed E-state index contributed by atoms with van der Waals surface area (Å²) in [4.78, 5) is 9.29. The number of anilines is 1. The summed E-state index contributed by atoms with van der Waals surface area (Å²) in [5, 5.41) is 0.773. The van der Waals surface area contributed by atoms with E-state index < -0.39 is 0 Å². The number of hydrogen-bond acceptors (Lipinski definition) is 4. The number of nitrogens with zero attached hydrogens (tertiary/aromatic N) is 3. The molecule has 26 heavy (non-hydrogen) atoms. The maximum Gasteiger partial charge on any atom is 0.191 e. The average molecular weight is 511 g/mol. The summed E-state index contributed by atoms with van der Waals surface area (Å²) in [6.07, 6.45) is 4.27. The molecule has 0 aromatic heterocycles. The fourth-order valence-corrected chi connectivity index (χ4v) is 4.24. The quantitative estimate of drug-likeness (QED) is 0.383. The first-order valence-electron chi connectivity index (χ1n) is 8.80. The number of piperazine rings is 1. The van der Waals surface area contributed by atoms with Gasteiger partial charge in [-0.15, -0.1) is 24.0 Å². The zero-order valence-corrected chi connectivity index (χ0v) is 19.1. The lowest BCUT2D eigenvalue weighted by Gasteiger charge is -2.37. The first-order chi connectivity index (χ1) is 12.1. The summed E-state index contributed by atoms with van der Waals surface area (Å²) >= 11 is 7.87. The topological polar surface area (TPSA) is 54.1 Å². The Balaban J connectivity index is 0.00000243. The molecule has 2 saturated heterocycles. The number of hydrogen-bond donors (Lipinski definition) is 1. The summed E-state index contributed by atoms with van der Waals surface area (Å²) in [5.41, 5.74) is 7.49. The molecule has 8 heteroatoms. The molecular weight excluding hydrogens is 483 g/mol. The van der Waals surface area contributed by atoms with E-state index in [0.717, 1.165) is 63.8 Å². The van der Waals surface area contributed by atoms with Crippen LogP contribution in [0.2, 0.25) is 5.02 Å². The molecule has 0 atom stereocenters. The number of benzene rings is 1. The summed E-state index contributed by atoms with van der Waals surface area (Å²) < 4.78 is 5.68. The van der Waals surface area contributed by atoms with Crippen molar-refractivity contribution < 1.29 is 4.74 Å². The number of ether oxygens (including phenoxy) is 1. The Kier molecular flexibility index (Phi) is 8.63. The van der Waals surface area contributed by atoms with Gasteiger partial charge in [-0.3, -0.25) is 4.99 Å². The standard InChI is InChI=1S/C18H27ClN4OS.HI/c1-25-18(6-12-24-13-7-18)14-21-17(20)23-10-8-22(9-11-23)16-4-2-15(19)3-5-16;/h2-5H,6-14H2,1H3,(H2,20,21);1H. The van der Waals surface area contributed by atoms with E-state index in [4.69, 9.17) is 27.1 Å². The summed E-state index contributed by atoms with van der Waals surface area (Å²) in [7, 11) is 0. The first kappa shape index (κ1) is 21.9. The van der Waals surface area contributed by atoms with E-state index in [1.165, 1.54) is 5.69 Å². The van der Waals surface area contributed by atoms with Gasteiger partial charge in [-0.05, 0) is 43.4 Å². The zero-order valence-electron chi connectivity index (χ0n) is 15.2. The van der Waals surface area contributed by atoms with Gasteiger partial charge in [0.2, 0.25) is 0 Å². The van der Waals surface area contributed by atoms with E-state index >= 15 is 0 Å². The molecule has 0 spiro atoms. The fourth-order valence-electron chi connectivity index (χ4n) is 3.34. The van der Waals surface area contributed by atoms with E-state index in [1.54, 1.807) is 0 Å². The van der Waals surface area contributed by atoms with Crippen LogP contribution in [0.5, 0.6) is 0 Å². The lowest BCUT2D eigenvalue weighted by Crippen LogP contribution is -2.51. The number of nitrogens with two attached hydrogens (primary N) is 1. The number of guanidine groups is 1. The van der Waals surface area contributed by atoms with Crippen molar-refractivity contribution in [2.24, 2.45) is 10.7 Å². The molecule has 3 rings (SSSR count). The van der Waals surface area contributed by atoms with Crippen LogP contribution in [0, 0.1) is 0 Å².